The average molecular weight is 426 g/mol. The number of carbonyl (C=O) groups is 2. The van der Waals surface area contributed by atoms with E-state index < -0.39 is 29.5 Å². The maximum atomic E-state index is 14.0. The van der Waals surface area contributed by atoms with Gasteiger partial charge >= 0.3 is 0 Å². The molecule has 31 heavy (non-hydrogen) atoms. The van der Waals surface area contributed by atoms with E-state index in [-0.39, 0.29) is 23.3 Å². The highest BCUT2D eigenvalue weighted by atomic mass is 19.1. The molecule has 0 saturated heterocycles. The molecule has 9 heteroatoms. The van der Waals surface area contributed by atoms with Crippen LogP contribution in [0.3, 0.4) is 0 Å². The molecule has 2 amide bonds. The van der Waals surface area contributed by atoms with Crippen LogP contribution in [0.5, 0.6) is 0 Å². The van der Waals surface area contributed by atoms with Crippen molar-refractivity contribution in [2.24, 2.45) is 5.92 Å². The molecule has 2 N–H and O–H groups in total. The molecule has 0 unspecified atom stereocenters. The fourth-order valence-electron chi connectivity index (χ4n) is 3.90. The summed E-state index contributed by atoms with van der Waals surface area (Å²) in [5, 5.41) is 9.38. The van der Waals surface area contributed by atoms with Gasteiger partial charge in [0.1, 0.15) is 11.6 Å². The van der Waals surface area contributed by atoms with Gasteiger partial charge < -0.3 is 15.2 Å². The van der Waals surface area contributed by atoms with E-state index in [9.17, 15) is 18.4 Å². The Hall–Kier alpha value is -3.62. The predicted molar refractivity (Wildman–Crippen MR) is 107 cm³/mol. The van der Waals surface area contributed by atoms with Gasteiger partial charge in [-0.3, -0.25) is 9.59 Å². The monoisotopic (exact) mass is 426 g/mol. The quantitative estimate of drug-likeness (QED) is 0.654. The zero-order valence-electron chi connectivity index (χ0n) is 16.6. The molecule has 3 atom stereocenters. The van der Waals surface area contributed by atoms with E-state index in [4.69, 9.17) is 4.52 Å². The number of hydrogen-bond donors (Lipinski definition) is 2. The fraction of sp³-hybridized carbons (Fsp3) is 0.273. The van der Waals surface area contributed by atoms with Crippen LogP contribution in [0.1, 0.15) is 35.0 Å². The van der Waals surface area contributed by atoms with E-state index in [0.29, 0.717) is 24.7 Å². The summed E-state index contributed by atoms with van der Waals surface area (Å²) in [4.78, 5) is 29.3. The van der Waals surface area contributed by atoms with Crippen molar-refractivity contribution in [1.82, 2.24) is 20.8 Å². The van der Waals surface area contributed by atoms with Crippen LogP contribution < -0.4 is 10.6 Å². The number of aromatic nitrogens is 2. The van der Waals surface area contributed by atoms with E-state index in [1.165, 1.54) is 7.05 Å². The van der Waals surface area contributed by atoms with Crippen molar-refractivity contribution in [3.05, 3.63) is 71.6 Å². The summed E-state index contributed by atoms with van der Waals surface area (Å²) in [6.45, 7) is 0. The van der Waals surface area contributed by atoms with Gasteiger partial charge in [-0.1, -0.05) is 35.5 Å². The lowest BCUT2D eigenvalue weighted by atomic mass is 10.0. The first-order valence-electron chi connectivity index (χ1n) is 9.82. The molecule has 1 aromatic heterocycles. The number of nitrogens with zero attached hydrogens (tertiary/aromatic N) is 2. The minimum Gasteiger partial charge on any atom is -0.359 e. The molecule has 160 valence electrons. The molecule has 1 heterocycles. The molecule has 0 spiro atoms. The molecular formula is C22H20F2N4O3. The Morgan fingerprint density at radius 1 is 1.10 bits per heavy atom. The molecule has 0 radical (unpaired) electrons. The first kappa shape index (κ1) is 20.6. The molecule has 3 aromatic rings. The van der Waals surface area contributed by atoms with Gasteiger partial charge in [0.15, 0.2) is 0 Å². The topological polar surface area (TPSA) is 97.1 Å². The Balaban J connectivity index is 1.59. The Kier molecular flexibility index (Phi) is 5.75. The molecular weight excluding hydrogens is 406 g/mol. The second kappa shape index (κ2) is 8.63. The molecule has 1 saturated carbocycles. The minimum absolute atomic E-state index is 0.169. The summed E-state index contributed by atoms with van der Waals surface area (Å²) in [5.74, 6) is -2.73. The minimum atomic E-state index is -0.959. The number of nitrogens with one attached hydrogen (secondary N) is 2. The summed E-state index contributed by atoms with van der Waals surface area (Å²) in [6, 6.07) is 11.5. The first-order valence-corrected chi connectivity index (χ1v) is 9.82. The second-order valence-electron chi connectivity index (χ2n) is 7.42. The molecule has 2 aromatic carbocycles. The van der Waals surface area contributed by atoms with Gasteiger partial charge in [0.05, 0.1) is 11.5 Å². The zero-order valence-corrected chi connectivity index (χ0v) is 16.6. The van der Waals surface area contributed by atoms with Crippen LogP contribution >= 0.6 is 0 Å². The van der Waals surface area contributed by atoms with Crippen molar-refractivity contribution in [2.45, 2.75) is 24.8 Å². The van der Waals surface area contributed by atoms with Crippen molar-refractivity contribution in [2.75, 3.05) is 7.05 Å². The standard InChI is InChI=1S/C22H20F2N4O3/c1-25-20(29)13-9-16(22-27-19(28-31-22)12-5-3-2-4-6-12)18(10-13)26-21(30)15-8-7-14(23)11-17(15)24/h2-8,11,13,16,18H,9-10H2,1H3,(H,25,29)(H,26,30)/t13-,16-,18+/m1/s1. The van der Waals surface area contributed by atoms with Gasteiger partial charge in [-0.25, -0.2) is 8.78 Å². The summed E-state index contributed by atoms with van der Waals surface area (Å²) >= 11 is 0. The number of halogens is 2. The predicted octanol–water partition coefficient (Wildman–Crippen LogP) is 3.05. The normalized spacial score (nSPS) is 20.4. The van der Waals surface area contributed by atoms with Crippen LogP contribution in [0.2, 0.25) is 0 Å². The SMILES string of the molecule is CNC(=O)[C@H]1C[C@H](NC(=O)c2ccc(F)cc2F)[C@H](c2nc(-c3ccccc3)no2)C1. The van der Waals surface area contributed by atoms with Crippen molar-refractivity contribution < 1.29 is 22.9 Å². The van der Waals surface area contributed by atoms with Crippen LogP contribution in [-0.4, -0.2) is 35.0 Å². The third kappa shape index (κ3) is 4.30. The van der Waals surface area contributed by atoms with Crippen molar-refractivity contribution >= 4 is 11.8 Å². The lowest BCUT2D eigenvalue weighted by Crippen LogP contribution is -2.37. The Bertz CT molecular complexity index is 1100. The van der Waals surface area contributed by atoms with Crippen molar-refractivity contribution in [3.63, 3.8) is 0 Å². The number of amides is 2. The lowest BCUT2D eigenvalue weighted by molar-refractivity contribution is -0.124. The second-order valence-corrected chi connectivity index (χ2v) is 7.42. The first-order chi connectivity index (χ1) is 15.0. The van der Waals surface area contributed by atoms with Gasteiger partial charge in [0.2, 0.25) is 17.6 Å². The Morgan fingerprint density at radius 3 is 2.58 bits per heavy atom. The van der Waals surface area contributed by atoms with E-state index in [0.717, 1.165) is 17.7 Å². The van der Waals surface area contributed by atoms with Crippen LogP contribution in [0, 0.1) is 17.6 Å². The number of benzene rings is 2. The maximum Gasteiger partial charge on any atom is 0.254 e. The smallest absolute Gasteiger partial charge is 0.254 e. The van der Waals surface area contributed by atoms with E-state index in [1.54, 1.807) is 0 Å². The number of rotatable bonds is 5. The fourth-order valence-corrected chi connectivity index (χ4v) is 3.90. The summed E-state index contributed by atoms with van der Waals surface area (Å²) in [7, 11) is 1.54. The number of carbonyl (C=O) groups excluding carboxylic acids is 2. The molecule has 1 aliphatic rings. The summed E-state index contributed by atoms with van der Waals surface area (Å²) in [6.07, 6.45) is 0.703. The van der Waals surface area contributed by atoms with Crippen LogP contribution in [0.4, 0.5) is 8.78 Å². The molecule has 1 fully saturated rings. The molecule has 1 aliphatic carbocycles. The van der Waals surface area contributed by atoms with E-state index >= 15 is 0 Å². The van der Waals surface area contributed by atoms with Gasteiger partial charge in [0.25, 0.3) is 5.91 Å². The van der Waals surface area contributed by atoms with Gasteiger partial charge in [-0.15, -0.1) is 0 Å². The van der Waals surface area contributed by atoms with Gasteiger partial charge in [-0.05, 0) is 25.0 Å². The van der Waals surface area contributed by atoms with Gasteiger partial charge in [0, 0.05) is 30.6 Å². The van der Waals surface area contributed by atoms with E-state index in [2.05, 4.69) is 20.8 Å². The van der Waals surface area contributed by atoms with Crippen LogP contribution in [0.25, 0.3) is 11.4 Å². The third-order valence-corrected chi connectivity index (χ3v) is 5.46. The van der Waals surface area contributed by atoms with Crippen LogP contribution in [0.15, 0.2) is 53.1 Å². The van der Waals surface area contributed by atoms with Crippen LogP contribution in [-0.2, 0) is 4.79 Å². The highest BCUT2D eigenvalue weighted by molar-refractivity contribution is 5.94. The lowest BCUT2D eigenvalue weighted by Gasteiger charge is -2.18. The molecule has 4 rings (SSSR count). The van der Waals surface area contributed by atoms with E-state index in [1.807, 2.05) is 30.3 Å². The highest BCUT2D eigenvalue weighted by Crippen LogP contribution is 2.39. The Labute approximate surface area is 176 Å². The summed E-state index contributed by atoms with van der Waals surface area (Å²) in [5.41, 5.74) is 0.492. The zero-order chi connectivity index (χ0) is 22.0. The third-order valence-electron chi connectivity index (χ3n) is 5.46. The van der Waals surface area contributed by atoms with Crippen molar-refractivity contribution in [3.8, 4) is 11.4 Å². The summed E-state index contributed by atoms with van der Waals surface area (Å²) < 4.78 is 32.7. The molecule has 0 aliphatic heterocycles. The van der Waals surface area contributed by atoms with Gasteiger partial charge in [-0.2, -0.15) is 4.98 Å². The molecule has 0 bridgehead atoms. The highest BCUT2D eigenvalue weighted by Gasteiger charge is 2.42. The largest absolute Gasteiger partial charge is 0.359 e. The van der Waals surface area contributed by atoms with Crippen molar-refractivity contribution in [1.29, 1.82) is 0 Å². The average Bonchev–Trinajstić information content (AvgIpc) is 3.41. The maximum absolute atomic E-state index is 14.0. The molecule has 7 nitrogen and oxygen atoms in total. The number of hydrogen-bond acceptors (Lipinski definition) is 5. The Morgan fingerprint density at radius 2 is 1.87 bits per heavy atom.